The van der Waals surface area contributed by atoms with Crippen molar-refractivity contribution in [1.82, 2.24) is 0 Å². The van der Waals surface area contributed by atoms with E-state index in [1.807, 2.05) is 44.2 Å². The maximum absolute atomic E-state index is 12.3. The largest absolute Gasteiger partial charge is 0.494 e. The molecule has 5 heteroatoms. The number of rotatable bonds is 19. The van der Waals surface area contributed by atoms with Crippen LogP contribution in [0.15, 0.2) is 54.8 Å². The summed E-state index contributed by atoms with van der Waals surface area (Å²) in [6.07, 6.45) is 5.65. The zero-order chi connectivity index (χ0) is 22.7. The fourth-order valence-electron chi connectivity index (χ4n) is 2.87. The summed E-state index contributed by atoms with van der Waals surface area (Å²) in [4.78, 5) is 12.3. The molecule has 1 aromatic carbocycles. The summed E-state index contributed by atoms with van der Waals surface area (Å²) in [6, 6.07) is 9.78. The van der Waals surface area contributed by atoms with E-state index in [1.165, 1.54) is 0 Å². The second-order valence-electron chi connectivity index (χ2n) is 7.58. The third kappa shape index (κ3) is 13.7. The molecule has 0 aliphatic rings. The van der Waals surface area contributed by atoms with Crippen LogP contribution in [0.3, 0.4) is 0 Å². The van der Waals surface area contributed by atoms with Gasteiger partial charge in [0.25, 0.3) is 0 Å². The number of ether oxygens (including phenoxy) is 4. The van der Waals surface area contributed by atoms with E-state index in [0.717, 1.165) is 62.9 Å². The SMILES string of the molecule is C=C(C)C(=C)OCCCCCCC(=O)OC(COCCCCOCC)c1ccccc1. The average molecular weight is 433 g/mol. The second kappa shape index (κ2) is 17.6. The number of benzene rings is 1. The van der Waals surface area contributed by atoms with Crippen LogP contribution in [0.2, 0.25) is 0 Å². The highest BCUT2D eigenvalue weighted by atomic mass is 16.6. The summed E-state index contributed by atoms with van der Waals surface area (Å²) >= 11 is 0. The van der Waals surface area contributed by atoms with Crippen LogP contribution < -0.4 is 0 Å². The number of carbonyl (C=O) groups is 1. The highest BCUT2D eigenvalue weighted by Crippen LogP contribution is 2.19. The van der Waals surface area contributed by atoms with Crippen LogP contribution in [0.4, 0.5) is 0 Å². The lowest BCUT2D eigenvalue weighted by Crippen LogP contribution is -2.17. The number of allylic oxidation sites excluding steroid dienone is 1. The summed E-state index contributed by atoms with van der Waals surface area (Å²) in [6.45, 7) is 14.6. The molecule has 0 heterocycles. The molecule has 0 aromatic heterocycles. The Morgan fingerprint density at radius 1 is 0.903 bits per heavy atom. The van der Waals surface area contributed by atoms with Crippen molar-refractivity contribution in [3.63, 3.8) is 0 Å². The van der Waals surface area contributed by atoms with Crippen LogP contribution in [-0.2, 0) is 23.7 Å². The molecule has 174 valence electrons. The van der Waals surface area contributed by atoms with Crippen molar-refractivity contribution in [3.05, 3.63) is 60.4 Å². The van der Waals surface area contributed by atoms with Gasteiger partial charge in [-0.2, -0.15) is 0 Å². The van der Waals surface area contributed by atoms with E-state index in [-0.39, 0.29) is 12.1 Å². The monoisotopic (exact) mass is 432 g/mol. The highest BCUT2D eigenvalue weighted by molar-refractivity contribution is 5.69. The van der Waals surface area contributed by atoms with E-state index in [2.05, 4.69) is 13.2 Å². The van der Waals surface area contributed by atoms with Gasteiger partial charge in [0.2, 0.25) is 0 Å². The molecule has 0 bridgehead atoms. The summed E-state index contributed by atoms with van der Waals surface area (Å²) < 4.78 is 22.3. The first-order chi connectivity index (χ1) is 15.0. The van der Waals surface area contributed by atoms with Crippen LogP contribution in [0, 0.1) is 0 Å². The normalized spacial score (nSPS) is 11.7. The minimum Gasteiger partial charge on any atom is -0.494 e. The third-order valence-corrected chi connectivity index (χ3v) is 4.77. The van der Waals surface area contributed by atoms with Crippen molar-refractivity contribution in [2.75, 3.05) is 33.0 Å². The molecule has 0 N–H and O–H groups in total. The van der Waals surface area contributed by atoms with Crippen molar-refractivity contribution >= 4 is 5.97 Å². The molecular formula is C26H40O5. The van der Waals surface area contributed by atoms with Crippen LogP contribution in [0.1, 0.15) is 70.5 Å². The molecule has 1 unspecified atom stereocenters. The Morgan fingerprint density at radius 3 is 2.23 bits per heavy atom. The van der Waals surface area contributed by atoms with Gasteiger partial charge < -0.3 is 18.9 Å². The topological polar surface area (TPSA) is 54.0 Å². The predicted octanol–water partition coefficient (Wildman–Crippen LogP) is 6.16. The van der Waals surface area contributed by atoms with Crippen molar-refractivity contribution < 1.29 is 23.7 Å². The predicted molar refractivity (Wildman–Crippen MR) is 125 cm³/mol. The molecule has 0 fully saturated rings. The molecule has 0 saturated heterocycles. The van der Waals surface area contributed by atoms with E-state index >= 15 is 0 Å². The first-order valence-corrected chi connectivity index (χ1v) is 11.4. The summed E-state index contributed by atoms with van der Waals surface area (Å²) in [7, 11) is 0. The zero-order valence-corrected chi connectivity index (χ0v) is 19.4. The molecule has 5 nitrogen and oxygen atoms in total. The van der Waals surface area contributed by atoms with Gasteiger partial charge in [-0.1, -0.05) is 56.3 Å². The average Bonchev–Trinajstić information content (AvgIpc) is 2.77. The molecule has 1 aromatic rings. The molecule has 0 radical (unpaired) electrons. The van der Waals surface area contributed by atoms with Gasteiger partial charge in [-0.25, -0.2) is 0 Å². The lowest BCUT2D eigenvalue weighted by atomic mass is 10.1. The first kappa shape index (κ1) is 26.9. The lowest BCUT2D eigenvalue weighted by Gasteiger charge is -2.18. The Balaban J connectivity index is 2.26. The number of hydrogen-bond acceptors (Lipinski definition) is 5. The molecule has 1 atom stereocenters. The lowest BCUT2D eigenvalue weighted by molar-refractivity contribution is -0.153. The van der Waals surface area contributed by atoms with Gasteiger partial charge in [-0.3, -0.25) is 4.79 Å². The Hall–Kier alpha value is -2.11. The Morgan fingerprint density at radius 2 is 1.55 bits per heavy atom. The second-order valence-corrected chi connectivity index (χ2v) is 7.58. The minimum absolute atomic E-state index is 0.180. The van der Waals surface area contributed by atoms with Crippen molar-refractivity contribution in [2.24, 2.45) is 0 Å². The third-order valence-electron chi connectivity index (χ3n) is 4.77. The minimum atomic E-state index is -0.373. The quantitative estimate of drug-likeness (QED) is 0.113. The van der Waals surface area contributed by atoms with Crippen LogP contribution >= 0.6 is 0 Å². The molecule has 0 saturated carbocycles. The summed E-state index contributed by atoms with van der Waals surface area (Å²) in [5.41, 5.74) is 1.81. The summed E-state index contributed by atoms with van der Waals surface area (Å²) in [5.74, 6) is 0.466. The number of carbonyl (C=O) groups excluding carboxylic acids is 1. The maximum atomic E-state index is 12.3. The van der Waals surface area contributed by atoms with Gasteiger partial charge in [0.1, 0.15) is 5.76 Å². The molecule has 1 rings (SSSR count). The molecule has 0 aliphatic heterocycles. The maximum Gasteiger partial charge on any atom is 0.306 e. The molecule has 0 amide bonds. The fraction of sp³-hybridized carbons (Fsp3) is 0.577. The Labute approximate surface area is 188 Å². The van der Waals surface area contributed by atoms with E-state index in [9.17, 15) is 4.79 Å². The Bertz CT molecular complexity index is 626. The molecule has 0 spiro atoms. The first-order valence-electron chi connectivity index (χ1n) is 11.4. The van der Waals surface area contributed by atoms with E-state index in [0.29, 0.717) is 32.0 Å². The standard InChI is InChI=1S/C26H40O5/c1-5-28-18-13-14-19-29-21-25(24-15-9-8-10-16-24)31-26(27)17-11-6-7-12-20-30-23(4)22(2)3/h8-10,15-16,25H,2,4-7,11-14,17-21H2,1,3H3. The number of hydrogen-bond donors (Lipinski definition) is 0. The zero-order valence-electron chi connectivity index (χ0n) is 19.4. The smallest absolute Gasteiger partial charge is 0.306 e. The van der Waals surface area contributed by atoms with Crippen LogP contribution in [0.5, 0.6) is 0 Å². The molecule has 31 heavy (non-hydrogen) atoms. The van der Waals surface area contributed by atoms with Gasteiger partial charge >= 0.3 is 5.97 Å². The van der Waals surface area contributed by atoms with E-state index < -0.39 is 0 Å². The van der Waals surface area contributed by atoms with Crippen molar-refractivity contribution in [3.8, 4) is 0 Å². The van der Waals surface area contributed by atoms with Gasteiger partial charge in [-0.05, 0) is 50.7 Å². The van der Waals surface area contributed by atoms with Crippen LogP contribution in [-0.4, -0.2) is 39.0 Å². The van der Waals surface area contributed by atoms with Crippen LogP contribution in [0.25, 0.3) is 0 Å². The van der Waals surface area contributed by atoms with Gasteiger partial charge in [0, 0.05) is 26.2 Å². The number of esters is 1. The van der Waals surface area contributed by atoms with Crippen molar-refractivity contribution in [1.29, 1.82) is 0 Å². The Kier molecular flexibility index (Phi) is 15.3. The fourth-order valence-corrected chi connectivity index (χ4v) is 2.87. The van der Waals surface area contributed by atoms with E-state index in [4.69, 9.17) is 18.9 Å². The van der Waals surface area contributed by atoms with E-state index in [1.54, 1.807) is 0 Å². The van der Waals surface area contributed by atoms with Gasteiger partial charge in [0.05, 0.1) is 13.2 Å². The molecular weight excluding hydrogens is 392 g/mol. The highest BCUT2D eigenvalue weighted by Gasteiger charge is 2.16. The number of unbranched alkanes of at least 4 members (excludes halogenated alkanes) is 4. The van der Waals surface area contributed by atoms with Gasteiger partial charge in [0.15, 0.2) is 6.10 Å². The van der Waals surface area contributed by atoms with Crippen molar-refractivity contribution in [2.45, 2.75) is 64.9 Å². The molecule has 0 aliphatic carbocycles. The van der Waals surface area contributed by atoms with Gasteiger partial charge in [-0.15, -0.1) is 0 Å². The summed E-state index contributed by atoms with van der Waals surface area (Å²) in [5, 5.41) is 0.